The molecule has 0 radical (unpaired) electrons. The van der Waals surface area contributed by atoms with Gasteiger partial charge in [0.05, 0.1) is 0 Å². The highest BCUT2D eigenvalue weighted by atomic mass is 19.1. The van der Waals surface area contributed by atoms with E-state index in [4.69, 9.17) is 0 Å². The highest BCUT2D eigenvalue weighted by Gasteiger charge is 2.18. The molecule has 1 aromatic carbocycles. The second kappa shape index (κ2) is 5.94. The molecule has 0 aromatic heterocycles. The van der Waals surface area contributed by atoms with E-state index < -0.39 is 11.6 Å². The van der Waals surface area contributed by atoms with Gasteiger partial charge in [-0.15, -0.1) is 0 Å². The van der Waals surface area contributed by atoms with Crippen molar-refractivity contribution in [1.82, 2.24) is 5.32 Å². The minimum Gasteiger partial charge on any atom is -0.316 e. The Hall–Kier alpha value is -0.960. The first-order valence-corrected chi connectivity index (χ1v) is 5.70. The molecule has 1 aromatic rings. The summed E-state index contributed by atoms with van der Waals surface area (Å²) >= 11 is 0. The van der Waals surface area contributed by atoms with E-state index in [-0.39, 0.29) is 11.6 Å². The number of likely N-dealkylation sites (N-methyl/N-ethyl adjacent to an activating group) is 1. The van der Waals surface area contributed by atoms with Crippen LogP contribution in [0.1, 0.15) is 25.8 Å². The molecule has 0 bridgehead atoms. The van der Waals surface area contributed by atoms with Gasteiger partial charge in [0.2, 0.25) is 0 Å². The van der Waals surface area contributed by atoms with Crippen molar-refractivity contribution in [3.63, 3.8) is 0 Å². The van der Waals surface area contributed by atoms with Gasteiger partial charge < -0.3 is 5.32 Å². The molecule has 0 aliphatic heterocycles. The van der Waals surface area contributed by atoms with Crippen molar-refractivity contribution >= 4 is 0 Å². The number of hydrogen-bond acceptors (Lipinski definition) is 1. The van der Waals surface area contributed by atoms with Crippen LogP contribution in [-0.4, -0.2) is 13.1 Å². The molecule has 2 atom stereocenters. The van der Waals surface area contributed by atoms with Gasteiger partial charge in [-0.05, 0) is 31.5 Å². The number of nitrogens with one attached hydrogen (secondary N) is 1. The lowest BCUT2D eigenvalue weighted by molar-refractivity contribution is 0.376. The van der Waals surface area contributed by atoms with Crippen LogP contribution in [0.25, 0.3) is 0 Å². The second-order valence-electron chi connectivity index (χ2n) is 4.19. The minimum atomic E-state index is -0.455. The molecule has 0 saturated heterocycles. The summed E-state index contributed by atoms with van der Waals surface area (Å²) in [6.07, 6.45) is 1.38. The fraction of sp³-hybridized carbons (Fsp3) is 0.538. The molecule has 1 rings (SSSR count). The van der Waals surface area contributed by atoms with E-state index in [0.717, 1.165) is 6.42 Å². The van der Waals surface area contributed by atoms with Crippen molar-refractivity contribution in [3.8, 4) is 0 Å². The first-order valence-electron chi connectivity index (χ1n) is 5.70. The third-order valence-electron chi connectivity index (χ3n) is 3.19. The van der Waals surface area contributed by atoms with E-state index in [0.29, 0.717) is 12.3 Å². The van der Waals surface area contributed by atoms with E-state index >= 15 is 0 Å². The average Bonchev–Trinajstić information content (AvgIpc) is 2.28. The Bertz CT molecular complexity index is 318. The minimum absolute atomic E-state index is 0.108. The van der Waals surface area contributed by atoms with E-state index in [1.807, 2.05) is 7.05 Å². The largest absolute Gasteiger partial charge is 0.316 e. The third kappa shape index (κ3) is 3.01. The molecule has 0 heterocycles. The van der Waals surface area contributed by atoms with Crippen molar-refractivity contribution in [3.05, 3.63) is 35.4 Å². The van der Waals surface area contributed by atoms with Crippen LogP contribution in [0.3, 0.4) is 0 Å². The van der Waals surface area contributed by atoms with Crippen LogP contribution >= 0.6 is 0 Å². The zero-order valence-electron chi connectivity index (χ0n) is 10.1. The quantitative estimate of drug-likeness (QED) is 0.814. The summed E-state index contributed by atoms with van der Waals surface area (Å²) in [6.45, 7) is 4.16. The Morgan fingerprint density at radius 2 is 1.81 bits per heavy atom. The Morgan fingerprint density at radius 1 is 1.25 bits per heavy atom. The van der Waals surface area contributed by atoms with Crippen LogP contribution in [0.15, 0.2) is 18.2 Å². The lowest BCUT2D eigenvalue weighted by Gasteiger charge is -2.22. The molecule has 0 fully saturated rings. The van der Waals surface area contributed by atoms with Crippen molar-refractivity contribution in [2.45, 2.75) is 32.7 Å². The van der Waals surface area contributed by atoms with E-state index in [2.05, 4.69) is 19.2 Å². The number of rotatable bonds is 5. The van der Waals surface area contributed by atoms with Gasteiger partial charge in [0.25, 0.3) is 0 Å². The molecular formula is C13H19F2N. The van der Waals surface area contributed by atoms with Crippen LogP contribution in [0.4, 0.5) is 8.78 Å². The summed E-state index contributed by atoms with van der Waals surface area (Å²) in [5, 5.41) is 3.12. The van der Waals surface area contributed by atoms with Crippen LogP contribution in [0.5, 0.6) is 0 Å². The molecule has 0 amide bonds. The van der Waals surface area contributed by atoms with Crippen LogP contribution in [0.2, 0.25) is 0 Å². The summed E-state index contributed by atoms with van der Waals surface area (Å²) in [5.41, 5.74) is 0.183. The molecule has 2 unspecified atom stereocenters. The number of benzene rings is 1. The lowest BCUT2D eigenvalue weighted by atomic mass is 9.93. The molecule has 16 heavy (non-hydrogen) atoms. The zero-order chi connectivity index (χ0) is 12.1. The van der Waals surface area contributed by atoms with Crippen molar-refractivity contribution < 1.29 is 8.78 Å². The molecule has 3 heteroatoms. The number of hydrogen-bond donors (Lipinski definition) is 1. The van der Waals surface area contributed by atoms with E-state index in [1.54, 1.807) is 0 Å². The van der Waals surface area contributed by atoms with Gasteiger partial charge in [-0.1, -0.05) is 26.3 Å². The lowest BCUT2D eigenvalue weighted by Crippen LogP contribution is -2.34. The SMILES string of the molecule is CCC(C)C(Cc1c(F)cccc1F)NC. The van der Waals surface area contributed by atoms with Gasteiger partial charge in [0, 0.05) is 11.6 Å². The van der Waals surface area contributed by atoms with Crippen molar-refractivity contribution in [2.75, 3.05) is 7.05 Å². The monoisotopic (exact) mass is 227 g/mol. The highest BCUT2D eigenvalue weighted by molar-refractivity contribution is 5.20. The van der Waals surface area contributed by atoms with Gasteiger partial charge >= 0.3 is 0 Å². The second-order valence-corrected chi connectivity index (χ2v) is 4.19. The highest BCUT2D eigenvalue weighted by Crippen LogP contribution is 2.18. The molecule has 0 saturated carbocycles. The molecule has 90 valence electrons. The summed E-state index contributed by atoms with van der Waals surface area (Å²) in [7, 11) is 1.83. The first kappa shape index (κ1) is 13.1. The first-order chi connectivity index (χ1) is 7.60. The summed E-state index contributed by atoms with van der Waals surface area (Å²) in [4.78, 5) is 0. The van der Waals surface area contributed by atoms with Crippen molar-refractivity contribution in [1.29, 1.82) is 0 Å². The van der Waals surface area contributed by atoms with E-state index in [1.165, 1.54) is 18.2 Å². The predicted octanol–water partition coefficient (Wildman–Crippen LogP) is 3.14. The summed E-state index contributed by atoms with van der Waals surface area (Å²) in [5.74, 6) is -0.517. The molecular weight excluding hydrogens is 208 g/mol. The molecule has 0 aliphatic carbocycles. The fourth-order valence-electron chi connectivity index (χ4n) is 1.82. The topological polar surface area (TPSA) is 12.0 Å². The fourth-order valence-corrected chi connectivity index (χ4v) is 1.82. The maximum absolute atomic E-state index is 13.4. The predicted molar refractivity (Wildman–Crippen MR) is 62.4 cm³/mol. The summed E-state index contributed by atoms with van der Waals surface area (Å²) < 4.78 is 26.9. The average molecular weight is 227 g/mol. The maximum Gasteiger partial charge on any atom is 0.129 e. The molecule has 0 spiro atoms. The third-order valence-corrected chi connectivity index (χ3v) is 3.19. The van der Waals surface area contributed by atoms with Gasteiger partial charge in [0.1, 0.15) is 11.6 Å². The Balaban J connectivity index is 2.85. The normalized spacial score (nSPS) is 14.8. The summed E-state index contributed by atoms with van der Waals surface area (Å²) in [6, 6.07) is 4.12. The smallest absolute Gasteiger partial charge is 0.129 e. The van der Waals surface area contributed by atoms with Crippen molar-refractivity contribution in [2.24, 2.45) is 5.92 Å². The van der Waals surface area contributed by atoms with Crippen LogP contribution < -0.4 is 5.32 Å². The zero-order valence-corrected chi connectivity index (χ0v) is 10.1. The Labute approximate surface area is 95.9 Å². The van der Waals surface area contributed by atoms with Gasteiger partial charge in [0.15, 0.2) is 0 Å². The molecule has 0 aliphatic rings. The Kier molecular flexibility index (Phi) is 4.87. The Morgan fingerprint density at radius 3 is 2.25 bits per heavy atom. The maximum atomic E-state index is 13.4. The number of halogens is 2. The van der Waals surface area contributed by atoms with Crippen LogP contribution in [-0.2, 0) is 6.42 Å². The molecule has 1 nitrogen and oxygen atoms in total. The van der Waals surface area contributed by atoms with Gasteiger partial charge in [-0.25, -0.2) is 8.78 Å². The molecule has 1 N–H and O–H groups in total. The van der Waals surface area contributed by atoms with Crippen LogP contribution in [0, 0.1) is 17.6 Å². The van der Waals surface area contributed by atoms with Gasteiger partial charge in [-0.3, -0.25) is 0 Å². The van der Waals surface area contributed by atoms with E-state index in [9.17, 15) is 8.78 Å². The van der Waals surface area contributed by atoms with Gasteiger partial charge in [-0.2, -0.15) is 0 Å². The standard InChI is InChI=1S/C13H19F2N/c1-4-9(2)13(16-3)8-10-11(14)6-5-7-12(10)15/h5-7,9,13,16H,4,8H2,1-3H3.